The summed E-state index contributed by atoms with van der Waals surface area (Å²) in [4.78, 5) is 11.2. The molecule has 1 heterocycles. The SMILES string of the molecule is CNC(=O)c1ccc(NCCCCN)nn1. The average molecular weight is 223 g/mol. The molecule has 1 aromatic heterocycles. The minimum atomic E-state index is -0.234. The monoisotopic (exact) mass is 223 g/mol. The molecule has 0 aliphatic rings. The van der Waals surface area contributed by atoms with Gasteiger partial charge < -0.3 is 16.4 Å². The van der Waals surface area contributed by atoms with Gasteiger partial charge in [-0.3, -0.25) is 4.79 Å². The van der Waals surface area contributed by atoms with Crippen LogP contribution in [0.25, 0.3) is 0 Å². The van der Waals surface area contributed by atoms with Crippen molar-refractivity contribution in [1.82, 2.24) is 15.5 Å². The molecule has 88 valence electrons. The lowest BCUT2D eigenvalue weighted by atomic mass is 10.3. The van der Waals surface area contributed by atoms with E-state index in [4.69, 9.17) is 5.73 Å². The molecule has 0 fully saturated rings. The molecule has 0 saturated heterocycles. The highest BCUT2D eigenvalue weighted by Crippen LogP contribution is 2.02. The van der Waals surface area contributed by atoms with Crippen LogP contribution in [-0.2, 0) is 0 Å². The molecular formula is C10H17N5O. The number of amides is 1. The molecule has 0 aliphatic carbocycles. The van der Waals surface area contributed by atoms with Crippen LogP contribution in [0.1, 0.15) is 23.3 Å². The van der Waals surface area contributed by atoms with Crippen molar-refractivity contribution in [2.75, 3.05) is 25.5 Å². The van der Waals surface area contributed by atoms with Gasteiger partial charge in [0.2, 0.25) is 0 Å². The molecule has 0 bridgehead atoms. The van der Waals surface area contributed by atoms with E-state index >= 15 is 0 Å². The van der Waals surface area contributed by atoms with Gasteiger partial charge in [0.05, 0.1) is 0 Å². The molecule has 0 atom stereocenters. The highest BCUT2D eigenvalue weighted by atomic mass is 16.1. The lowest BCUT2D eigenvalue weighted by Crippen LogP contribution is -2.19. The van der Waals surface area contributed by atoms with Crippen molar-refractivity contribution in [1.29, 1.82) is 0 Å². The number of nitrogens with two attached hydrogens (primary N) is 1. The third-order valence-electron chi connectivity index (χ3n) is 2.06. The lowest BCUT2D eigenvalue weighted by Gasteiger charge is -2.04. The van der Waals surface area contributed by atoms with Crippen LogP contribution in [0.3, 0.4) is 0 Å². The molecule has 0 unspecified atom stereocenters. The normalized spacial score (nSPS) is 9.88. The number of aromatic nitrogens is 2. The van der Waals surface area contributed by atoms with Crippen LogP contribution in [0.4, 0.5) is 5.82 Å². The minimum Gasteiger partial charge on any atom is -0.369 e. The molecular weight excluding hydrogens is 206 g/mol. The zero-order chi connectivity index (χ0) is 11.8. The maximum atomic E-state index is 11.2. The maximum absolute atomic E-state index is 11.2. The minimum absolute atomic E-state index is 0.234. The van der Waals surface area contributed by atoms with Gasteiger partial charge in [-0.25, -0.2) is 0 Å². The van der Waals surface area contributed by atoms with Crippen LogP contribution in [-0.4, -0.2) is 36.2 Å². The van der Waals surface area contributed by atoms with E-state index < -0.39 is 0 Å². The molecule has 4 N–H and O–H groups in total. The second kappa shape index (κ2) is 6.73. The largest absolute Gasteiger partial charge is 0.369 e. The first-order valence-corrected chi connectivity index (χ1v) is 5.27. The molecule has 6 nitrogen and oxygen atoms in total. The Labute approximate surface area is 94.6 Å². The summed E-state index contributed by atoms with van der Waals surface area (Å²) in [6, 6.07) is 3.37. The fourth-order valence-electron chi connectivity index (χ4n) is 1.16. The number of rotatable bonds is 6. The van der Waals surface area contributed by atoms with E-state index in [9.17, 15) is 4.79 Å². The van der Waals surface area contributed by atoms with Crippen LogP contribution in [0.5, 0.6) is 0 Å². The third-order valence-corrected chi connectivity index (χ3v) is 2.06. The Morgan fingerprint density at radius 3 is 2.75 bits per heavy atom. The van der Waals surface area contributed by atoms with Gasteiger partial charge in [-0.2, -0.15) is 0 Å². The zero-order valence-corrected chi connectivity index (χ0v) is 9.36. The van der Waals surface area contributed by atoms with Crippen molar-refractivity contribution in [3.05, 3.63) is 17.8 Å². The molecule has 16 heavy (non-hydrogen) atoms. The molecule has 0 aromatic carbocycles. The highest BCUT2D eigenvalue weighted by molar-refractivity contribution is 5.91. The molecule has 1 aromatic rings. The van der Waals surface area contributed by atoms with E-state index in [1.54, 1.807) is 19.2 Å². The summed E-state index contributed by atoms with van der Waals surface area (Å²) in [7, 11) is 1.56. The standard InChI is InChI=1S/C10H17N5O/c1-12-10(16)8-4-5-9(15-14-8)13-7-3-2-6-11/h4-5H,2-3,6-7,11H2,1H3,(H,12,16)(H,13,15). The van der Waals surface area contributed by atoms with Gasteiger partial charge >= 0.3 is 0 Å². The van der Waals surface area contributed by atoms with Gasteiger partial charge in [0.15, 0.2) is 5.69 Å². The fourth-order valence-corrected chi connectivity index (χ4v) is 1.16. The van der Waals surface area contributed by atoms with Gasteiger partial charge in [0.1, 0.15) is 5.82 Å². The quantitative estimate of drug-likeness (QED) is 0.590. The lowest BCUT2D eigenvalue weighted by molar-refractivity contribution is 0.0957. The van der Waals surface area contributed by atoms with Crippen LogP contribution < -0.4 is 16.4 Å². The van der Waals surface area contributed by atoms with E-state index in [0.29, 0.717) is 18.1 Å². The van der Waals surface area contributed by atoms with Gasteiger partial charge in [0.25, 0.3) is 5.91 Å². The number of nitrogens with zero attached hydrogens (tertiary/aromatic N) is 2. The van der Waals surface area contributed by atoms with Gasteiger partial charge in [-0.05, 0) is 31.5 Å². The van der Waals surface area contributed by atoms with Crippen LogP contribution in [0.15, 0.2) is 12.1 Å². The van der Waals surface area contributed by atoms with Crippen molar-refractivity contribution in [2.45, 2.75) is 12.8 Å². The van der Waals surface area contributed by atoms with E-state index in [1.807, 2.05) is 0 Å². The Hall–Kier alpha value is -1.69. The molecule has 1 rings (SSSR count). The van der Waals surface area contributed by atoms with E-state index in [0.717, 1.165) is 19.4 Å². The summed E-state index contributed by atoms with van der Waals surface area (Å²) < 4.78 is 0. The van der Waals surface area contributed by atoms with Gasteiger partial charge in [0, 0.05) is 13.6 Å². The smallest absolute Gasteiger partial charge is 0.271 e. The van der Waals surface area contributed by atoms with Crippen LogP contribution >= 0.6 is 0 Å². The fraction of sp³-hybridized carbons (Fsp3) is 0.500. The first kappa shape index (κ1) is 12.4. The number of anilines is 1. The third kappa shape index (κ3) is 3.82. The Morgan fingerprint density at radius 1 is 1.38 bits per heavy atom. The molecule has 0 spiro atoms. The number of hydrogen-bond acceptors (Lipinski definition) is 5. The number of nitrogens with one attached hydrogen (secondary N) is 2. The van der Waals surface area contributed by atoms with Crippen molar-refractivity contribution in [2.24, 2.45) is 5.73 Å². The summed E-state index contributed by atoms with van der Waals surface area (Å²) in [5.74, 6) is 0.437. The first-order chi connectivity index (χ1) is 7.77. The molecule has 6 heteroatoms. The number of unbranched alkanes of at least 4 members (excludes halogenated alkanes) is 1. The molecule has 1 amide bonds. The molecule has 0 aliphatic heterocycles. The van der Waals surface area contributed by atoms with Crippen molar-refractivity contribution in [3.63, 3.8) is 0 Å². The molecule has 0 saturated carbocycles. The predicted molar refractivity (Wildman–Crippen MR) is 62.2 cm³/mol. The van der Waals surface area contributed by atoms with Crippen molar-refractivity contribution >= 4 is 11.7 Å². The van der Waals surface area contributed by atoms with E-state index in [2.05, 4.69) is 20.8 Å². The Balaban J connectivity index is 2.42. The second-order valence-electron chi connectivity index (χ2n) is 3.31. The van der Waals surface area contributed by atoms with E-state index in [-0.39, 0.29) is 5.91 Å². The highest BCUT2D eigenvalue weighted by Gasteiger charge is 2.04. The average Bonchev–Trinajstić information content (AvgIpc) is 2.34. The summed E-state index contributed by atoms with van der Waals surface area (Å²) in [5.41, 5.74) is 5.69. The van der Waals surface area contributed by atoms with Crippen LogP contribution in [0.2, 0.25) is 0 Å². The summed E-state index contributed by atoms with van der Waals surface area (Å²) in [5, 5.41) is 13.3. The number of hydrogen-bond donors (Lipinski definition) is 3. The maximum Gasteiger partial charge on any atom is 0.271 e. The van der Waals surface area contributed by atoms with Gasteiger partial charge in [-0.1, -0.05) is 0 Å². The zero-order valence-electron chi connectivity index (χ0n) is 9.36. The summed E-state index contributed by atoms with van der Waals surface area (Å²) in [6.45, 7) is 1.51. The topological polar surface area (TPSA) is 92.9 Å². The summed E-state index contributed by atoms with van der Waals surface area (Å²) in [6.07, 6.45) is 1.98. The first-order valence-electron chi connectivity index (χ1n) is 5.27. The number of carbonyl (C=O) groups excluding carboxylic acids is 1. The van der Waals surface area contributed by atoms with Crippen LogP contribution in [0, 0.1) is 0 Å². The van der Waals surface area contributed by atoms with E-state index in [1.165, 1.54) is 0 Å². The predicted octanol–water partition coefficient (Wildman–Crippen LogP) is -0.0130. The Kier molecular flexibility index (Phi) is 5.21. The second-order valence-corrected chi connectivity index (χ2v) is 3.31. The Morgan fingerprint density at radius 2 is 2.19 bits per heavy atom. The van der Waals surface area contributed by atoms with Crippen molar-refractivity contribution in [3.8, 4) is 0 Å². The number of carbonyl (C=O) groups is 1. The molecule has 0 radical (unpaired) electrons. The van der Waals surface area contributed by atoms with Gasteiger partial charge in [-0.15, -0.1) is 10.2 Å². The Bertz CT molecular complexity index is 324. The summed E-state index contributed by atoms with van der Waals surface area (Å²) >= 11 is 0. The van der Waals surface area contributed by atoms with Crippen molar-refractivity contribution < 1.29 is 4.79 Å².